The first-order valence-electron chi connectivity index (χ1n) is 8.57. The van der Waals surface area contributed by atoms with Gasteiger partial charge in [0.25, 0.3) is 5.91 Å². The van der Waals surface area contributed by atoms with E-state index in [-0.39, 0.29) is 11.8 Å². The molecular formula is C19H27N3O4. The van der Waals surface area contributed by atoms with Gasteiger partial charge in [0.05, 0.1) is 12.6 Å². The number of benzene rings is 1. The van der Waals surface area contributed by atoms with E-state index in [4.69, 9.17) is 15.2 Å². The van der Waals surface area contributed by atoms with Crippen molar-refractivity contribution in [1.29, 1.82) is 0 Å². The zero-order valence-corrected chi connectivity index (χ0v) is 16.0. The van der Waals surface area contributed by atoms with Crippen molar-refractivity contribution in [3.05, 3.63) is 30.0 Å². The maximum atomic E-state index is 13.0. The van der Waals surface area contributed by atoms with Crippen LogP contribution in [0.1, 0.15) is 24.2 Å². The number of primary amides is 1. The van der Waals surface area contributed by atoms with Crippen molar-refractivity contribution < 1.29 is 19.1 Å². The minimum Gasteiger partial charge on any atom is -0.497 e. The summed E-state index contributed by atoms with van der Waals surface area (Å²) in [5, 5.41) is 0.945. The first-order chi connectivity index (χ1) is 12.2. The average molecular weight is 361 g/mol. The van der Waals surface area contributed by atoms with Crippen LogP contribution >= 0.6 is 0 Å². The van der Waals surface area contributed by atoms with Gasteiger partial charge in [-0.2, -0.15) is 0 Å². The molecule has 0 fully saturated rings. The predicted octanol–water partition coefficient (Wildman–Crippen LogP) is 2.51. The number of ether oxygens (including phenoxy) is 2. The van der Waals surface area contributed by atoms with E-state index in [1.807, 2.05) is 46.3 Å². The Morgan fingerprint density at radius 1 is 1.27 bits per heavy atom. The monoisotopic (exact) mass is 361 g/mol. The van der Waals surface area contributed by atoms with Gasteiger partial charge in [0.1, 0.15) is 5.75 Å². The Kier molecular flexibility index (Phi) is 6.26. The van der Waals surface area contributed by atoms with Crippen LogP contribution in [0.5, 0.6) is 5.75 Å². The van der Waals surface area contributed by atoms with Gasteiger partial charge in [-0.05, 0) is 50.2 Å². The van der Waals surface area contributed by atoms with Gasteiger partial charge >= 0.3 is 6.09 Å². The number of carbonyl (C=O) groups excluding carboxylic acids is 2. The number of aromatic nitrogens is 1. The molecule has 0 saturated carbocycles. The molecule has 7 heteroatoms. The van der Waals surface area contributed by atoms with Gasteiger partial charge in [-0.25, -0.2) is 4.79 Å². The molecule has 142 valence electrons. The summed E-state index contributed by atoms with van der Waals surface area (Å²) in [6, 6.07) is 5.57. The van der Waals surface area contributed by atoms with Gasteiger partial charge in [0.2, 0.25) is 0 Å². The van der Waals surface area contributed by atoms with Crippen molar-refractivity contribution in [3.8, 4) is 5.75 Å². The summed E-state index contributed by atoms with van der Waals surface area (Å²) in [5.74, 6) is 0.212. The number of fused-ring (bicyclic) bond motifs is 1. The third-order valence-corrected chi connectivity index (χ3v) is 4.25. The van der Waals surface area contributed by atoms with Gasteiger partial charge in [-0.1, -0.05) is 13.8 Å². The number of methoxy groups -OCH3 is 1. The zero-order valence-electron chi connectivity index (χ0n) is 16.0. The van der Waals surface area contributed by atoms with Crippen LogP contribution in [0.3, 0.4) is 0 Å². The van der Waals surface area contributed by atoms with E-state index in [0.717, 1.165) is 35.2 Å². The van der Waals surface area contributed by atoms with E-state index >= 15 is 0 Å². The number of carbonyl (C=O) groups is 2. The molecule has 0 aliphatic heterocycles. The van der Waals surface area contributed by atoms with Gasteiger partial charge in [0.15, 0.2) is 6.10 Å². The third kappa shape index (κ3) is 4.35. The number of nitrogens with two attached hydrogens (primary N) is 1. The summed E-state index contributed by atoms with van der Waals surface area (Å²) in [4.78, 5) is 26.3. The van der Waals surface area contributed by atoms with Gasteiger partial charge in [0, 0.05) is 18.1 Å². The van der Waals surface area contributed by atoms with Gasteiger partial charge in [-0.3, -0.25) is 9.36 Å². The number of nitrogens with zero attached hydrogens (tertiary/aromatic N) is 2. The molecule has 1 atom stereocenters. The molecule has 26 heavy (non-hydrogen) atoms. The van der Waals surface area contributed by atoms with Crippen LogP contribution in [0, 0.1) is 5.92 Å². The Hall–Kier alpha value is -2.54. The summed E-state index contributed by atoms with van der Waals surface area (Å²) in [7, 11) is 5.61. The van der Waals surface area contributed by atoms with Crippen LogP contribution in [0.2, 0.25) is 0 Å². The molecule has 0 saturated heterocycles. The van der Waals surface area contributed by atoms with Crippen LogP contribution in [-0.4, -0.2) is 55.3 Å². The van der Waals surface area contributed by atoms with Crippen molar-refractivity contribution >= 4 is 22.9 Å². The second-order valence-electron chi connectivity index (χ2n) is 6.90. The van der Waals surface area contributed by atoms with Crippen molar-refractivity contribution in [3.63, 3.8) is 0 Å². The van der Waals surface area contributed by atoms with Crippen LogP contribution in [0.15, 0.2) is 24.4 Å². The summed E-state index contributed by atoms with van der Waals surface area (Å²) in [6.07, 6.45) is 0.699. The van der Waals surface area contributed by atoms with Crippen molar-refractivity contribution in [1.82, 2.24) is 9.47 Å². The SMILES string of the molecule is COc1ccc2c(c1)c(CCN(C)C)cn2C(=O)[C@@H](OC(N)=O)C(C)C. The topological polar surface area (TPSA) is 86.8 Å². The standard InChI is InChI=1S/C19H27N3O4/c1-12(2)17(26-19(20)24)18(23)22-11-13(8-9-21(3)4)15-10-14(25-5)6-7-16(15)22/h6-7,10-12,17H,8-9H2,1-5H3,(H2,20,24)/t17-/m0/s1. The fourth-order valence-corrected chi connectivity index (χ4v) is 2.86. The van der Waals surface area contributed by atoms with Crippen LogP contribution < -0.4 is 10.5 Å². The Labute approximate surface area is 153 Å². The molecule has 2 rings (SSSR count). The third-order valence-electron chi connectivity index (χ3n) is 4.25. The smallest absolute Gasteiger partial charge is 0.405 e. The minimum absolute atomic E-state index is 0.198. The summed E-state index contributed by atoms with van der Waals surface area (Å²) < 4.78 is 11.9. The molecule has 1 aromatic heterocycles. The normalized spacial score (nSPS) is 12.6. The van der Waals surface area contributed by atoms with Crippen LogP contribution in [0.4, 0.5) is 4.79 Å². The first-order valence-corrected chi connectivity index (χ1v) is 8.57. The average Bonchev–Trinajstić information content (AvgIpc) is 2.94. The Morgan fingerprint density at radius 3 is 2.50 bits per heavy atom. The zero-order chi connectivity index (χ0) is 19.4. The molecule has 1 heterocycles. The van der Waals surface area contributed by atoms with E-state index < -0.39 is 12.2 Å². The van der Waals surface area contributed by atoms with E-state index in [2.05, 4.69) is 4.90 Å². The lowest BCUT2D eigenvalue weighted by Gasteiger charge is -2.19. The number of amides is 1. The highest BCUT2D eigenvalue weighted by atomic mass is 16.6. The Balaban J connectivity index is 2.51. The second-order valence-corrected chi connectivity index (χ2v) is 6.90. The quantitative estimate of drug-likeness (QED) is 0.819. The molecule has 7 nitrogen and oxygen atoms in total. The lowest BCUT2D eigenvalue weighted by molar-refractivity contribution is 0.0459. The fourth-order valence-electron chi connectivity index (χ4n) is 2.86. The largest absolute Gasteiger partial charge is 0.497 e. The lowest BCUT2D eigenvalue weighted by atomic mass is 10.1. The molecule has 0 aliphatic rings. The molecule has 1 amide bonds. The lowest BCUT2D eigenvalue weighted by Crippen LogP contribution is -2.37. The number of hydrogen-bond acceptors (Lipinski definition) is 5. The van der Waals surface area contributed by atoms with Crippen molar-refractivity contribution in [2.45, 2.75) is 26.4 Å². The molecule has 0 aliphatic carbocycles. The molecule has 0 unspecified atom stereocenters. The molecule has 0 spiro atoms. The highest BCUT2D eigenvalue weighted by Crippen LogP contribution is 2.27. The maximum Gasteiger partial charge on any atom is 0.405 e. The van der Waals surface area contributed by atoms with Crippen LogP contribution in [0.25, 0.3) is 10.9 Å². The predicted molar refractivity (Wildman–Crippen MR) is 101 cm³/mol. The van der Waals surface area contributed by atoms with E-state index in [0.29, 0.717) is 0 Å². The van der Waals surface area contributed by atoms with E-state index in [1.54, 1.807) is 17.7 Å². The molecule has 0 bridgehead atoms. The highest BCUT2D eigenvalue weighted by Gasteiger charge is 2.28. The highest BCUT2D eigenvalue weighted by molar-refractivity contribution is 5.97. The maximum absolute atomic E-state index is 13.0. The van der Waals surface area contributed by atoms with Gasteiger partial charge in [-0.15, -0.1) is 0 Å². The Bertz CT molecular complexity index is 795. The number of rotatable bonds is 7. The van der Waals surface area contributed by atoms with Crippen molar-refractivity contribution in [2.75, 3.05) is 27.7 Å². The summed E-state index contributed by atoms with van der Waals surface area (Å²) >= 11 is 0. The minimum atomic E-state index is -0.956. The number of hydrogen-bond donors (Lipinski definition) is 1. The van der Waals surface area contributed by atoms with Crippen molar-refractivity contribution in [2.24, 2.45) is 11.7 Å². The van der Waals surface area contributed by atoms with E-state index in [9.17, 15) is 9.59 Å². The van der Waals surface area contributed by atoms with Crippen LogP contribution in [-0.2, 0) is 11.2 Å². The first kappa shape index (κ1) is 19.8. The summed E-state index contributed by atoms with van der Waals surface area (Å²) in [6.45, 7) is 4.47. The molecule has 2 N–H and O–H groups in total. The molecular weight excluding hydrogens is 334 g/mol. The molecule has 0 radical (unpaired) electrons. The second kappa shape index (κ2) is 8.23. The van der Waals surface area contributed by atoms with Gasteiger partial charge < -0.3 is 20.1 Å². The Morgan fingerprint density at radius 2 is 1.96 bits per heavy atom. The molecule has 1 aromatic carbocycles. The molecule has 2 aromatic rings. The van der Waals surface area contributed by atoms with E-state index in [1.165, 1.54) is 0 Å². The fraction of sp³-hybridized carbons (Fsp3) is 0.474. The number of likely N-dealkylation sites (N-methyl/N-ethyl adjacent to an activating group) is 1. The summed E-state index contributed by atoms with van der Waals surface area (Å²) in [5.41, 5.74) is 6.92.